The van der Waals surface area contributed by atoms with Crippen molar-refractivity contribution in [1.29, 1.82) is 0 Å². The number of hydrogen-bond donors (Lipinski definition) is 1. The van der Waals surface area contributed by atoms with Gasteiger partial charge in [-0.1, -0.05) is 0 Å². The monoisotopic (exact) mass is 321 g/mol. The molecule has 0 atom stereocenters. The van der Waals surface area contributed by atoms with Crippen LogP contribution in [0.3, 0.4) is 0 Å². The maximum absolute atomic E-state index is 5.42. The van der Waals surface area contributed by atoms with E-state index >= 15 is 0 Å². The predicted octanol–water partition coefficient (Wildman–Crippen LogP) is 3.20. The SMILES string of the molecule is COc1ccnc(CNC(C)(C)c2nc(C)c(C)s2)c1OC. The molecular formula is C16H23N3O2S. The second-order valence-electron chi connectivity index (χ2n) is 5.63. The van der Waals surface area contributed by atoms with E-state index in [1.165, 1.54) is 4.88 Å². The van der Waals surface area contributed by atoms with Crippen molar-refractivity contribution in [2.24, 2.45) is 0 Å². The van der Waals surface area contributed by atoms with Crippen LogP contribution in [0.2, 0.25) is 0 Å². The average molecular weight is 321 g/mol. The van der Waals surface area contributed by atoms with Crippen LogP contribution in [0.25, 0.3) is 0 Å². The van der Waals surface area contributed by atoms with Crippen molar-refractivity contribution >= 4 is 11.3 Å². The number of pyridine rings is 1. The summed E-state index contributed by atoms with van der Waals surface area (Å²) in [5.74, 6) is 1.35. The van der Waals surface area contributed by atoms with Crippen LogP contribution in [-0.2, 0) is 12.1 Å². The Kier molecular flexibility index (Phi) is 5.03. The molecule has 0 radical (unpaired) electrons. The molecule has 2 heterocycles. The first kappa shape index (κ1) is 16.7. The largest absolute Gasteiger partial charge is 0.493 e. The fraction of sp³-hybridized carbons (Fsp3) is 0.500. The first-order valence-corrected chi connectivity index (χ1v) is 7.96. The summed E-state index contributed by atoms with van der Waals surface area (Å²) in [6, 6.07) is 1.79. The Morgan fingerprint density at radius 3 is 2.50 bits per heavy atom. The molecule has 2 rings (SSSR count). The molecule has 2 aromatic rings. The molecule has 0 saturated heterocycles. The third-order valence-corrected chi connectivity index (χ3v) is 5.02. The average Bonchev–Trinajstić information content (AvgIpc) is 2.85. The van der Waals surface area contributed by atoms with Gasteiger partial charge in [-0.3, -0.25) is 4.98 Å². The first-order chi connectivity index (χ1) is 10.4. The zero-order valence-corrected chi connectivity index (χ0v) is 14.8. The van der Waals surface area contributed by atoms with Crippen molar-refractivity contribution in [3.63, 3.8) is 0 Å². The van der Waals surface area contributed by atoms with Crippen LogP contribution in [0, 0.1) is 13.8 Å². The van der Waals surface area contributed by atoms with E-state index in [0.29, 0.717) is 18.0 Å². The molecule has 22 heavy (non-hydrogen) atoms. The lowest BCUT2D eigenvalue weighted by Gasteiger charge is -2.24. The molecule has 0 aliphatic heterocycles. The van der Waals surface area contributed by atoms with Crippen molar-refractivity contribution in [3.8, 4) is 11.5 Å². The zero-order valence-electron chi connectivity index (χ0n) is 14.0. The van der Waals surface area contributed by atoms with E-state index in [0.717, 1.165) is 16.4 Å². The molecule has 0 bridgehead atoms. The fourth-order valence-electron chi connectivity index (χ4n) is 2.10. The Hall–Kier alpha value is -1.66. The van der Waals surface area contributed by atoms with Crippen LogP contribution in [0.4, 0.5) is 0 Å². The van der Waals surface area contributed by atoms with Gasteiger partial charge in [0.1, 0.15) is 5.01 Å². The molecule has 5 nitrogen and oxygen atoms in total. The highest BCUT2D eigenvalue weighted by molar-refractivity contribution is 7.11. The summed E-state index contributed by atoms with van der Waals surface area (Å²) in [6.45, 7) is 8.96. The van der Waals surface area contributed by atoms with E-state index in [4.69, 9.17) is 9.47 Å². The summed E-state index contributed by atoms with van der Waals surface area (Å²) in [4.78, 5) is 10.3. The second kappa shape index (κ2) is 6.62. The quantitative estimate of drug-likeness (QED) is 0.885. The van der Waals surface area contributed by atoms with E-state index in [2.05, 4.69) is 36.1 Å². The molecule has 0 aliphatic carbocycles. The van der Waals surface area contributed by atoms with E-state index in [1.54, 1.807) is 37.8 Å². The Labute approximate surface area is 135 Å². The molecule has 1 N–H and O–H groups in total. The minimum Gasteiger partial charge on any atom is -0.493 e. The Morgan fingerprint density at radius 2 is 1.95 bits per heavy atom. The predicted molar refractivity (Wildman–Crippen MR) is 88.8 cm³/mol. The number of methoxy groups -OCH3 is 2. The number of ether oxygens (including phenoxy) is 2. The number of nitrogens with zero attached hydrogens (tertiary/aromatic N) is 2. The molecule has 0 unspecified atom stereocenters. The highest BCUT2D eigenvalue weighted by Gasteiger charge is 2.25. The number of rotatable bonds is 6. The van der Waals surface area contributed by atoms with Gasteiger partial charge in [0, 0.05) is 23.7 Å². The number of aryl methyl sites for hydroxylation is 2. The van der Waals surface area contributed by atoms with E-state index < -0.39 is 0 Å². The van der Waals surface area contributed by atoms with Gasteiger partial charge < -0.3 is 14.8 Å². The third kappa shape index (κ3) is 3.39. The smallest absolute Gasteiger partial charge is 0.183 e. The van der Waals surface area contributed by atoms with Crippen LogP contribution < -0.4 is 14.8 Å². The number of thiazole rings is 1. The van der Waals surface area contributed by atoms with Gasteiger partial charge in [0.25, 0.3) is 0 Å². The summed E-state index contributed by atoms with van der Waals surface area (Å²) >= 11 is 1.72. The first-order valence-electron chi connectivity index (χ1n) is 7.14. The lowest BCUT2D eigenvalue weighted by molar-refractivity contribution is 0.341. The zero-order chi connectivity index (χ0) is 16.3. The Morgan fingerprint density at radius 1 is 1.23 bits per heavy atom. The summed E-state index contributed by atoms with van der Waals surface area (Å²) in [5.41, 5.74) is 1.67. The summed E-state index contributed by atoms with van der Waals surface area (Å²) in [7, 11) is 3.25. The summed E-state index contributed by atoms with van der Waals surface area (Å²) < 4.78 is 10.7. The van der Waals surface area contributed by atoms with Crippen molar-refractivity contribution in [1.82, 2.24) is 15.3 Å². The molecule has 6 heteroatoms. The Balaban J connectivity index is 2.18. The molecule has 0 fully saturated rings. The molecule has 0 aromatic carbocycles. The van der Waals surface area contributed by atoms with Gasteiger partial charge >= 0.3 is 0 Å². The normalized spacial score (nSPS) is 11.5. The minimum atomic E-state index is -0.237. The maximum atomic E-state index is 5.42. The molecule has 120 valence electrons. The molecule has 0 spiro atoms. The van der Waals surface area contributed by atoms with Gasteiger partial charge in [0.2, 0.25) is 0 Å². The molecule has 0 saturated carbocycles. The van der Waals surface area contributed by atoms with E-state index in [1.807, 2.05) is 6.92 Å². The number of nitrogens with one attached hydrogen (secondary N) is 1. The van der Waals surface area contributed by atoms with Gasteiger partial charge in [-0.2, -0.15) is 0 Å². The van der Waals surface area contributed by atoms with Crippen LogP contribution in [-0.4, -0.2) is 24.2 Å². The fourth-order valence-corrected chi connectivity index (χ4v) is 3.09. The van der Waals surface area contributed by atoms with Crippen molar-refractivity contribution in [2.45, 2.75) is 39.8 Å². The maximum Gasteiger partial charge on any atom is 0.183 e. The van der Waals surface area contributed by atoms with Gasteiger partial charge in [-0.25, -0.2) is 4.98 Å². The Bertz CT molecular complexity index is 633. The van der Waals surface area contributed by atoms with Crippen LogP contribution >= 0.6 is 11.3 Å². The summed E-state index contributed by atoms with van der Waals surface area (Å²) in [6.07, 6.45) is 1.73. The van der Waals surface area contributed by atoms with Crippen LogP contribution in [0.15, 0.2) is 12.3 Å². The van der Waals surface area contributed by atoms with Crippen molar-refractivity contribution in [3.05, 3.63) is 33.5 Å². The van der Waals surface area contributed by atoms with Gasteiger partial charge in [-0.15, -0.1) is 11.3 Å². The lowest BCUT2D eigenvalue weighted by atomic mass is 10.1. The van der Waals surface area contributed by atoms with Crippen LogP contribution in [0.5, 0.6) is 11.5 Å². The third-order valence-electron chi connectivity index (χ3n) is 3.63. The molecule has 2 aromatic heterocycles. The molecular weight excluding hydrogens is 298 g/mol. The van der Waals surface area contributed by atoms with Gasteiger partial charge in [-0.05, 0) is 27.7 Å². The van der Waals surface area contributed by atoms with Crippen molar-refractivity contribution in [2.75, 3.05) is 14.2 Å². The van der Waals surface area contributed by atoms with Crippen LogP contribution in [0.1, 0.15) is 35.1 Å². The topological polar surface area (TPSA) is 56.3 Å². The standard InChI is InChI=1S/C16H23N3O2S/c1-10-11(2)22-15(19-10)16(3,4)18-9-12-14(21-6)13(20-5)7-8-17-12/h7-8,18H,9H2,1-6H3. The lowest BCUT2D eigenvalue weighted by Crippen LogP contribution is -2.36. The van der Waals surface area contributed by atoms with Gasteiger partial charge in [0.05, 0.1) is 31.1 Å². The van der Waals surface area contributed by atoms with E-state index in [-0.39, 0.29) is 5.54 Å². The molecule has 0 amide bonds. The van der Waals surface area contributed by atoms with E-state index in [9.17, 15) is 0 Å². The number of hydrogen-bond acceptors (Lipinski definition) is 6. The highest BCUT2D eigenvalue weighted by Crippen LogP contribution is 2.31. The highest BCUT2D eigenvalue weighted by atomic mass is 32.1. The minimum absolute atomic E-state index is 0.237. The van der Waals surface area contributed by atoms with Crippen molar-refractivity contribution < 1.29 is 9.47 Å². The number of aromatic nitrogens is 2. The second-order valence-corrected chi connectivity index (χ2v) is 6.84. The molecule has 0 aliphatic rings. The summed E-state index contributed by atoms with van der Waals surface area (Å²) in [5, 5.41) is 4.58. The van der Waals surface area contributed by atoms with Gasteiger partial charge in [0.15, 0.2) is 11.5 Å².